The van der Waals surface area contributed by atoms with Gasteiger partial charge < -0.3 is 9.30 Å². The monoisotopic (exact) mass is 421 g/mol. The lowest BCUT2D eigenvalue weighted by Gasteiger charge is -2.11. The van der Waals surface area contributed by atoms with E-state index in [4.69, 9.17) is 4.74 Å². The highest BCUT2D eigenvalue weighted by Gasteiger charge is 2.28. The van der Waals surface area contributed by atoms with Gasteiger partial charge in [0.25, 0.3) is 0 Å². The molecule has 7 nitrogen and oxygen atoms in total. The first-order valence-corrected chi connectivity index (χ1v) is 10.7. The van der Waals surface area contributed by atoms with Crippen molar-refractivity contribution >= 4 is 23.4 Å². The number of hydrogen-bond donors (Lipinski definition) is 0. The summed E-state index contributed by atoms with van der Waals surface area (Å²) in [6.45, 7) is 4.12. The second-order valence-electron chi connectivity index (χ2n) is 8.15. The van der Waals surface area contributed by atoms with E-state index < -0.39 is 5.97 Å². The zero-order chi connectivity index (χ0) is 22.0. The van der Waals surface area contributed by atoms with Crippen LogP contribution in [0.4, 0.5) is 0 Å². The van der Waals surface area contributed by atoms with Gasteiger partial charge in [-0.15, -0.1) is 0 Å². The number of ketones is 1. The lowest BCUT2D eigenvalue weighted by Crippen LogP contribution is -2.24. The number of carbonyl (C=O) groups is 3. The number of aromatic nitrogens is 1. The first-order chi connectivity index (χ1) is 14.9. The summed E-state index contributed by atoms with van der Waals surface area (Å²) in [4.78, 5) is 37.0. The molecule has 31 heavy (non-hydrogen) atoms. The van der Waals surface area contributed by atoms with Gasteiger partial charge in [-0.3, -0.25) is 14.4 Å². The number of hydrazone groups is 1. The minimum Gasteiger partial charge on any atom is -0.457 e. The van der Waals surface area contributed by atoms with Crippen LogP contribution in [0.1, 0.15) is 65.5 Å². The second-order valence-corrected chi connectivity index (χ2v) is 8.15. The largest absolute Gasteiger partial charge is 0.457 e. The molecule has 7 heteroatoms. The Balaban J connectivity index is 1.24. The van der Waals surface area contributed by atoms with Crippen molar-refractivity contribution in [1.29, 1.82) is 0 Å². The van der Waals surface area contributed by atoms with Crippen molar-refractivity contribution < 1.29 is 19.1 Å². The van der Waals surface area contributed by atoms with Crippen molar-refractivity contribution in [3.8, 4) is 0 Å². The molecular formula is C24H27N3O4. The summed E-state index contributed by atoms with van der Waals surface area (Å²) in [5.74, 6) is -0.984. The van der Waals surface area contributed by atoms with E-state index in [1.807, 2.05) is 50.2 Å². The van der Waals surface area contributed by atoms with E-state index in [9.17, 15) is 14.4 Å². The lowest BCUT2D eigenvalue weighted by atomic mass is 10.1. The molecule has 1 saturated carbocycles. The molecule has 0 radical (unpaired) electrons. The Labute approximate surface area is 181 Å². The molecule has 1 aliphatic heterocycles. The average molecular weight is 421 g/mol. The molecule has 2 heterocycles. The molecule has 162 valence electrons. The Morgan fingerprint density at radius 1 is 1.10 bits per heavy atom. The highest BCUT2D eigenvalue weighted by molar-refractivity contribution is 6.02. The number of nitrogens with zero attached hydrogens (tertiary/aromatic N) is 3. The van der Waals surface area contributed by atoms with Crippen LogP contribution in [0, 0.1) is 13.8 Å². The number of carbonyl (C=O) groups excluding carboxylic acids is 3. The van der Waals surface area contributed by atoms with E-state index in [1.165, 1.54) is 5.01 Å². The maximum absolute atomic E-state index is 12.5. The van der Waals surface area contributed by atoms with Crippen LogP contribution in [0.5, 0.6) is 0 Å². The fraction of sp³-hybridized carbons (Fsp3) is 0.417. The Morgan fingerprint density at radius 2 is 1.84 bits per heavy atom. The number of Topliss-reactive ketones (excluding diaryl/α,β-unsaturated/α-hetero) is 1. The maximum Gasteiger partial charge on any atom is 0.306 e. The highest BCUT2D eigenvalue weighted by atomic mass is 16.5. The number of esters is 1. The highest BCUT2D eigenvalue weighted by Crippen LogP contribution is 2.38. The molecule has 1 aromatic heterocycles. The third kappa shape index (κ3) is 4.76. The third-order valence-corrected chi connectivity index (χ3v) is 5.80. The van der Waals surface area contributed by atoms with Crippen molar-refractivity contribution in [2.75, 3.05) is 13.2 Å². The molecular weight excluding hydrogens is 394 g/mol. The Kier molecular flexibility index (Phi) is 6.02. The summed E-state index contributed by atoms with van der Waals surface area (Å²) < 4.78 is 7.33. The van der Waals surface area contributed by atoms with E-state index >= 15 is 0 Å². The summed E-state index contributed by atoms with van der Waals surface area (Å²) in [7, 11) is 0. The van der Waals surface area contributed by atoms with Gasteiger partial charge in [-0.25, -0.2) is 5.01 Å². The molecule has 1 aliphatic carbocycles. The standard InChI is InChI=1S/C24H27N3O4/c1-16-14-20(17(2)27(16)19-8-9-19)22(28)15-31-24(30)11-10-23(29)26-13-12-21(25-26)18-6-4-3-5-7-18/h3-7,14,19H,8-13,15H2,1-2H3. The zero-order valence-electron chi connectivity index (χ0n) is 18.0. The summed E-state index contributed by atoms with van der Waals surface area (Å²) in [5.41, 5.74) is 4.45. The van der Waals surface area contributed by atoms with Gasteiger partial charge >= 0.3 is 5.97 Å². The van der Waals surface area contributed by atoms with Crippen molar-refractivity contribution in [1.82, 2.24) is 9.58 Å². The first kappa shape index (κ1) is 21.0. The molecule has 0 atom stereocenters. The van der Waals surface area contributed by atoms with Crippen LogP contribution in [0.25, 0.3) is 0 Å². The molecule has 1 aromatic carbocycles. The van der Waals surface area contributed by atoms with Crippen molar-refractivity contribution in [2.24, 2.45) is 5.10 Å². The van der Waals surface area contributed by atoms with E-state index in [1.54, 1.807) is 0 Å². The van der Waals surface area contributed by atoms with Crippen molar-refractivity contribution in [3.05, 3.63) is 58.9 Å². The maximum atomic E-state index is 12.5. The summed E-state index contributed by atoms with van der Waals surface area (Å²) in [5, 5.41) is 5.79. The van der Waals surface area contributed by atoms with Crippen LogP contribution in [0.2, 0.25) is 0 Å². The number of hydrogen-bond acceptors (Lipinski definition) is 5. The molecule has 0 bridgehead atoms. The van der Waals surface area contributed by atoms with Gasteiger partial charge in [0, 0.05) is 35.8 Å². The van der Waals surface area contributed by atoms with E-state index in [0.717, 1.165) is 35.5 Å². The number of ether oxygens (including phenoxy) is 1. The second kappa shape index (κ2) is 8.88. The minimum absolute atomic E-state index is 0.00872. The summed E-state index contributed by atoms with van der Waals surface area (Å²) >= 11 is 0. The zero-order valence-corrected chi connectivity index (χ0v) is 18.0. The summed E-state index contributed by atoms with van der Waals surface area (Å²) in [6, 6.07) is 12.1. The Hall–Kier alpha value is -3.22. The molecule has 2 aromatic rings. The number of aryl methyl sites for hydroxylation is 1. The Bertz CT molecular complexity index is 1030. The van der Waals surface area contributed by atoms with Gasteiger partial charge in [0.05, 0.1) is 18.7 Å². The fourth-order valence-electron chi connectivity index (χ4n) is 4.06. The van der Waals surface area contributed by atoms with Crippen LogP contribution in [-0.2, 0) is 14.3 Å². The summed E-state index contributed by atoms with van der Waals surface area (Å²) in [6.07, 6.45) is 2.91. The molecule has 2 aliphatic rings. The molecule has 0 unspecified atom stereocenters. The minimum atomic E-state index is -0.552. The van der Waals surface area contributed by atoms with Crippen molar-refractivity contribution in [2.45, 2.75) is 52.0 Å². The molecule has 1 fully saturated rings. The van der Waals surface area contributed by atoms with Crippen LogP contribution in [0.3, 0.4) is 0 Å². The number of rotatable bonds is 8. The van der Waals surface area contributed by atoms with E-state index in [-0.39, 0.29) is 31.1 Å². The normalized spacial score (nSPS) is 15.7. The van der Waals surface area contributed by atoms with E-state index in [2.05, 4.69) is 9.67 Å². The Morgan fingerprint density at radius 3 is 2.55 bits per heavy atom. The third-order valence-electron chi connectivity index (χ3n) is 5.80. The average Bonchev–Trinajstić information content (AvgIpc) is 3.39. The molecule has 0 spiro atoms. The van der Waals surface area contributed by atoms with Gasteiger partial charge in [-0.2, -0.15) is 5.10 Å². The van der Waals surface area contributed by atoms with Crippen LogP contribution >= 0.6 is 0 Å². The molecule has 4 rings (SSSR count). The molecule has 0 N–H and O–H groups in total. The van der Waals surface area contributed by atoms with Gasteiger partial charge in [0.2, 0.25) is 11.7 Å². The topological polar surface area (TPSA) is 81.0 Å². The molecule has 1 amide bonds. The quantitative estimate of drug-likeness (QED) is 0.482. The SMILES string of the molecule is Cc1cc(C(=O)COC(=O)CCC(=O)N2CCC(c3ccccc3)=N2)c(C)n1C1CC1. The first-order valence-electron chi connectivity index (χ1n) is 10.7. The fourth-order valence-corrected chi connectivity index (χ4v) is 4.06. The smallest absolute Gasteiger partial charge is 0.306 e. The lowest BCUT2D eigenvalue weighted by molar-refractivity contribution is -0.145. The number of benzene rings is 1. The van der Waals surface area contributed by atoms with Gasteiger partial charge in [-0.1, -0.05) is 30.3 Å². The van der Waals surface area contributed by atoms with Gasteiger partial charge in [0.15, 0.2) is 6.61 Å². The van der Waals surface area contributed by atoms with Crippen molar-refractivity contribution in [3.63, 3.8) is 0 Å². The predicted octanol–water partition coefficient (Wildman–Crippen LogP) is 3.58. The van der Waals surface area contributed by atoms with Crippen LogP contribution in [-0.4, -0.2) is 46.1 Å². The molecule has 0 saturated heterocycles. The van der Waals surface area contributed by atoms with Gasteiger partial charge in [-0.05, 0) is 38.3 Å². The van der Waals surface area contributed by atoms with E-state index in [0.29, 0.717) is 24.6 Å². The van der Waals surface area contributed by atoms with Crippen LogP contribution in [0.15, 0.2) is 41.5 Å². The number of amides is 1. The van der Waals surface area contributed by atoms with Gasteiger partial charge in [0.1, 0.15) is 0 Å². The predicted molar refractivity (Wildman–Crippen MR) is 116 cm³/mol. The van der Waals surface area contributed by atoms with Crippen LogP contribution < -0.4 is 0 Å².